The molecule has 27 heavy (non-hydrogen) atoms. The molecule has 1 saturated heterocycles. The molecular formula is C19H29N5O3. The van der Waals surface area contributed by atoms with Crippen molar-refractivity contribution in [1.29, 1.82) is 0 Å². The largest absolute Gasteiger partial charge is 0.465 e. The lowest BCUT2D eigenvalue weighted by atomic mass is 10.1. The Balaban J connectivity index is 1.60. The van der Waals surface area contributed by atoms with E-state index in [4.69, 9.17) is 13.6 Å². The molecule has 1 fully saturated rings. The zero-order chi connectivity index (χ0) is 19.2. The van der Waals surface area contributed by atoms with Gasteiger partial charge in [0.05, 0.1) is 31.5 Å². The first-order valence-electron chi connectivity index (χ1n) is 9.32. The van der Waals surface area contributed by atoms with Crippen LogP contribution in [0.15, 0.2) is 26.0 Å². The summed E-state index contributed by atoms with van der Waals surface area (Å²) < 4.78 is 17.0. The molecule has 3 rings (SSSR count). The van der Waals surface area contributed by atoms with Crippen LogP contribution in [0.2, 0.25) is 0 Å². The summed E-state index contributed by atoms with van der Waals surface area (Å²) in [5.74, 6) is 4.07. The number of ether oxygens (including phenoxy) is 1. The van der Waals surface area contributed by atoms with Gasteiger partial charge in [-0.1, -0.05) is 0 Å². The minimum atomic E-state index is 0.118. The number of rotatable bonds is 6. The molecule has 8 nitrogen and oxygen atoms in total. The molecule has 0 saturated carbocycles. The van der Waals surface area contributed by atoms with Gasteiger partial charge in [-0.2, -0.15) is 0 Å². The Morgan fingerprint density at radius 2 is 1.96 bits per heavy atom. The normalized spacial score (nSPS) is 17.1. The van der Waals surface area contributed by atoms with E-state index in [1.54, 1.807) is 7.05 Å². The van der Waals surface area contributed by atoms with Crippen molar-refractivity contribution in [3.05, 3.63) is 41.0 Å². The zero-order valence-electron chi connectivity index (χ0n) is 16.5. The average Bonchev–Trinajstić information content (AvgIpc) is 3.24. The van der Waals surface area contributed by atoms with Gasteiger partial charge < -0.3 is 24.2 Å². The molecule has 0 aromatic carbocycles. The maximum absolute atomic E-state index is 5.90. The van der Waals surface area contributed by atoms with Gasteiger partial charge in [0.1, 0.15) is 17.3 Å². The highest BCUT2D eigenvalue weighted by Gasteiger charge is 2.25. The lowest BCUT2D eigenvalue weighted by Gasteiger charge is -2.33. The fourth-order valence-electron chi connectivity index (χ4n) is 3.12. The molecule has 1 aliphatic rings. The van der Waals surface area contributed by atoms with Crippen LogP contribution >= 0.6 is 0 Å². The summed E-state index contributed by atoms with van der Waals surface area (Å²) >= 11 is 0. The van der Waals surface area contributed by atoms with Crippen LogP contribution in [0.25, 0.3) is 0 Å². The summed E-state index contributed by atoms with van der Waals surface area (Å²) in [5, 5.41) is 6.64. The molecule has 0 radical (unpaired) electrons. The molecule has 1 atom stereocenters. The van der Waals surface area contributed by atoms with Crippen LogP contribution in [0.5, 0.6) is 0 Å². The van der Waals surface area contributed by atoms with Crippen molar-refractivity contribution in [2.45, 2.75) is 33.4 Å². The zero-order valence-corrected chi connectivity index (χ0v) is 16.5. The van der Waals surface area contributed by atoms with Crippen molar-refractivity contribution in [2.75, 3.05) is 39.9 Å². The first-order chi connectivity index (χ1) is 13.1. The van der Waals surface area contributed by atoms with E-state index >= 15 is 0 Å². The summed E-state index contributed by atoms with van der Waals surface area (Å²) in [4.78, 5) is 11.1. The third-order valence-electron chi connectivity index (χ3n) is 4.74. The number of nitrogens with one attached hydrogen (secondary N) is 2. The molecule has 0 aliphatic carbocycles. The van der Waals surface area contributed by atoms with E-state index in [1.165, 1.54) is 0 Å². The SMILES string of the molecule is CN=C(NCc1nc(C)c(C)o1)NCC(c1ccc(C)o1)N1CCOCC1. The van der Waals surface area contributed by atoms with Crippen LogP contribution in [-0.4, -0.2) is 55.7 Å². The lowest BCUT2D eigenvalue weighted by Crippen LogP contribution is -2.46. The summed E-state index contributed by atoms with van der Waals surface area (Å²) in [6.07, 6.45) is 0. The Kier molecular flexibility index (Phi) is 6.52. The van der Waals surface area contributed by atoms with Gasteiger partial charge in [0.15, 0.2) is 5.96 Å². The Bertz CT molecular complexity index is 742. The molecular weight excluding hydrogens is 346 g/mol. The number of morpholine rings is 1. The Morgan fingerprint density at radius 3 is 2.56 bits per heavy atom. The predicted molar refractivity (Wildman–Crippen MR) is 103 cm³/mol. The van der Waals surface area contributed by atoms with Gasteiger partial charge >= 0.3 is 0 Å². The molecule has 148 valence electrons. The van der Waals surface area contributed by atoms with Crippen molar-refractivity contribution in [2.24, 2.45) is 4.99 Å². The standard InChI is InChI=1S/C19H29N5O3/c1-13-5-6-17(26-13)16(24-7-9-25-10-8-24)11-21-19(20-4)22-12-18-23-14(2)15(3)27-18/h5-6,16H,7-12H2,1-4H3,(H2,20,21,22). The average molecular weight is 375 g/mol. The van der Waals surface area contributed by atoms with Crippen LogP contribution in [-0.2, 0) is 11.3 Å². The second-order valence-corrected chi connectivity index (χ2v) is 6.67. The number of nitrogens with zero attached hydrogens (tertiary/aromatic N) is 3. The summed E-state index contributed by atoms with van der Waals surface area (Å²) in [6, 6.07) is 4.17. The predicted octanol–water partition coefficient (Wildman–Crippen LogP) is 1.93. The van der Waals surface area contributed by atoms with Gasteiger partial charge in [0.25, 0.3) is 0 Å². The number of furan rings is 1. The van der Waals surface area contributed by atoms with Crippen molar-refractivity contribution in [3.63, 3.8) is 0 Å². The van der Waals surface area contributed by atoms with Gasteiger partial charge in [0, 0.05) is 26.7 Å². The first-order valence-corrected chi connectivity index (χ1v) is 9.32. The van der Waals surface area contributed by atoms with E-state index in [2.05, 4.69) is 25.5 Å². The fraction of sp³-hybridized carbons (Fsp3) is 0.579. The third kappa shape index (κ3) is 5.11. The van der Waals surface area contributed by atoms with Crippen LogP contribution in [0.1, 0.15) is 34.9 Å². The number of aromatic nitrogens is 1. The highest BCUT2D eigenvalue weighted by molar-refractivity contribution is 5.79. The Morgan fingerprint density at radius 1 is 1.19 bits per heavy atom. The number of hydrogen-bond acceptors (Lipinski definition) is 6. The second-order valence-electron chi connectivity index (χ2n) is 6.67. The Labute approximate surface area is 160 Å². The van der Waals surface area contributed by atoms with Crippen molar-refractivity contribution in [1.82, 2.24) is 20.5 Å². The fourth-order valence-corrected chi connectivity index (χ4v) is 3.12. The summed E-state index contributed by atoms with van der Waals surface area (Å²) in [5.41, 5.74) is 0.912. The number of aryl methyl sites for hydroxylation is 3. The number of hydrogen-bond donors (Lipinski definition) is 2. The van der Waals surface area contributed by atoms with E-state index in [-0.39, 0.29) is 6.04 Å². The van der Waals surface area contributed by atoms with Crippen LogP contribution < -0.4 is 10.6 Å². The molecule has 2 aromatic heterocycles. The van der Waals surface area contributed by atoms with E-state index in [9.17, 15) is 0 Å². The molecule has 2 N–H and O–H groups in total. The first kappa shape index (κ1) is 19.4. The molecule has 3 heterocycles. The molecule has 1 aliphatic heterocycles. The minimum absolute atomic E-state index is 0.118. The van der Waals surface area contributed by atoms with E-state index in [1.807, 2.05) is 32.9 Å². The lowest BCUT2D eigenvalue weighted by molar-refractivity contribution is 0.0124. The van der Waals surface area contributed by atoms with Gasteiger partial charge in [-0.05, 0) is 32.9 Å². The third-order valence-corrected chi connectivity index (χ3v) is 4.74. The van der Waals surface area contributed by atoms with Crippen LogP contribution in [0, 0.1) is 20.8 Å². The maximum atomic E-state index is 5.90. The molecule has 1 unspecified atom stereocenters. The van der Waals surface area contributed by atoms with Gasteiger partial charge in [-0.15, -0.1) is 0 Å². The van der Waals surface area contributed by atoms with E-state index in [0.717, 1.165) is 49.3 Å². The number of oxazole rings is 1. The molecule has 0 amide bonds. The molecule has 0 bridgehead atoms. The van der Waals surface area contributed by atoms with Crippen LogP contribution in [0.3, 0.4) is 0 Å². The van der Waals surface area contributed by atoms with Gasteiger partial charge in [0.2, 0.25) is 5.89 Å². The second kappa shape index (κ2) is 9.05. The van der Waals surface area contributed by atoms with Crippen LogP contribution in [0.4, 0.5) is 0 Å². The molecule has 8 heteroatoms. The van der Waals surface area contributed by atoms with Gasteiger partial charge in [-0.25, -0.2) is 4.98 Å². The number of aliphatic imine (C=N–C) groups is 1. The Hall–Kier alpha value is -2.32. The highest BCUT2D eigenvalue weighted by Crippen LogP contribution is 2.23. The smallest absolute Gasteiger partial charge is 0.214 e. The highest BCUT2D eigenvalue weighted by atomic mass is 16.5. The van der Waals surface area contributed by atoms with Gasteiger partial charge in [-0.3, -0.25) is 9.89 Å². The van der Waals surface area contributed by atoms with Crippen molar-refractivity contribution < 1.29 is 13.6 Å². The topological polar surface area (TPSA) is 88.1 Å². The quantitative estimate of drug-likeness (QED) is 0.589. The summed E-state index contributed by atoms with van der Waals surface area (Å²) in [7, 11) is 1.75. The number of guanidine groups is 1. The van der Waals surface area contributed by atoms with E-state index < -0.39 is 0 Å². The van der Waals surface area contributed by atoms with Crippen molar-refractivity contribution in [3.8, 4) is 0 Å². The van der Waals surface area contributed by atoms with E-state index in [0.29, 0.717) is 24.9 Å². The summed E-state index contributed by atoms with van der Waals surface area (Å²) in [6.45, 7) is 10.2. The maximum Gasteiger partial charge on any atom is 0.214 e. The van der Waals surface area contributed by atoms with Crippen molar-refractivity contribution >= 4 is 5.96 Å². The molecule has 0 spiro atoms. The molecule has 2 aromatic rings. The monoisotopic (exact) mass is 375 g/mol. The minimum Gasteiger partial charge on any atom is -0.465 e.